The minimum absolute atomic E-state index is 0.0513. The zero-order chi connectivity index (χ0) is 13.9. The fourth-order valence-electron chi connectivity index (χ4n) is 1.73. The number of carbonyl (C=O) groups is 1. The van der Waals surface area contributed by atoms with Crippen molar-refractivity contribution in [3.05, 3.63) is 35.9 Å². The Morgan fingerprint density at radius 3 is 2.63 bits per heavy atom. The van der Waals surface area contributed by atoms with Crippen LogP contribution in [0.15, 0.2) is 35.5 Å². The molecule has 1 aromatic rings. The van der Waals surface area contributed by atoms with Gasteiger partial charge in [-0.2, -0.15) is 0 Å². The van der Waals surface area contributed by atoms with E-state index in [-0.39, 0.29) is 11.7 Å². The van der Waals surface area contributed by atoms with E-state index in [1.165, 1.54) is 5.56 Å². The summed E-state index contributed by atoms with van der Waals surface area (Å²) in [5.74, 6) is 0.244. The molecule has 0 aliphatic heterocycles. The van der Waals surface area contributed by atoms with Crippen molar-refractivity contribution in [2.75, 3.05) is 6.54 Å². The van der Waals surface area contributed by atoms with Crippen LogP contribution in [0.25, 0.3) is 0 Å². The van der Waals surface area contributed by atoms with Crippen LogP contribution < -0.4 is 11.1 Å². The number of oxime groups is 1. The normalized spacial score (nSPS) is 11.3. The Bertz CT molecular complexity index is 404. The first-order chi connectivity index (χ1) is 9.22. The van der Waals surface area contributed by atoms with E-state index in [0.717, 1.165) is 12.8 Å². The van der Waals surface area contributed by atoms with Gasteiger partial charge in [-0.25, -0.2) is 0 Å². The minimum Gasteiger partial charge on any atom is -0.409 e. The summed E-state index contributed by atoms with van der Waals surface area (Å²) in [6.45, 7) is 0.556. The Morgan fingerprint density at radius 1 is 1.21 bits per heavy atom. The molecule has 0 unspecified atom stereocenters. The van der Waals surface area contributed by atoms with Gasteiger partial charge in [0.2, 0.25) is 5.91 Å². The van der Waals surface area contributed by atoms with E-state index in [0.29, 0.717) is 25.8 Å². The van der Waals surface area contributed by atoms with Gasteiger partial charge in [0.15, 0.2) is 0 Å². The summed E-state index contributed by atoms with van der Waals surface area (Å²) < 4.78 is 0. The van der Waals surface area contributed by atoms with Crippen molar-refractivity contribution in [3.8, 4) is 0 Å². The number of carbonyl (C=O) groups excluding carboxylic acids is 1. The van der Waals surface area contributed by atoms with Gasteiger partial charge in [-0.1, -0.05) is 35.5 Å². The molecule has 0 fully saturated rings. The van der Waals surface area contributed by atoms with Crippen molar-refractivity contribution in [2.45, 2.75) is 32.1 Å². The van der Waals surface area contributed by atoms with Crippen molar-refractivity contribution in [2.24, 2.45) is 10.9 Å². The number of rotatable bonds is 8. The molecule has 5 heteroatoms. The third kappa shape index (κ3) is 7.08. The van der Waals surface area contributed by atoms with Crippen LogP contribution in [0, 0.1) is 0 Å². The van der Waals surface area contributed by atoms with E-state index in [1.807, 2.05) is 18.2 Å². The van der Waals surface area contributed by atoms with E-state index in [4.69, 9.17) is 10.9 Å². The van der Waals surface area contributed by atoms with Crippen LogP contribution in [0.2, 0.25) is 0 Å². The third-order valence-electron chi connectivity index (χ3n) is 2.77. The maximum Gasteiger partial charge on any atom is 0.220 e. The lowest BCUT2D eigenvalue weighted by atomic mass is 10.1. The number of nitrogens with zero attached hydrogens (tertiary/aromatic N) is 1. The lowest BCUT2D eigenvalue weighted by Crippen LogP contribution is -2.25. The molecule has 0 heterocycles. The van der Waals surface area contributed by atoms with Crippen molar-refractivity contribution in [1.29, 1.82) is 0 Å². The van der Waals surface area contributed by atoms with Crippen LogP contribution in [0.4, 0.5) is 0 Å². The van der Waals surface area contributed by atoms with Gasteiger partial charge in [0.25, 0.3) is 0 Å². The van der Waals surface area contributed by atoms with Gasteiger partial charge in [0.1, 0.15) is 5.84 Å². The van der Waals surface area contributed by atoms with Crippen LogP contribution >= 0.6 is 0 Å². The first-order valence-corrected chi connectivity index (χ1v) is 6.49. The molecule has 0 aliphatic rings. The molecular formula is C14H21N3O2. The van der Waals surface area contributed by atoms with E-state index in [2.05, 4.69) is 22.6 Å². The topological polar surface area (TPSA) is 87.7 Å². The molecule has 0 aromatic heterocycles. The lowest BCUT2D eigenvalue weighted by Gasteiger charge is -2.05. The van der Waals surface area contributed by atoms with Gasteiger partial charge in [-0.15, -0.1) is 0 Å². The zero-order valence-corrected chi connectivity index (χ0v) is 11.0. The fourth-order valence-corrected chi connectivity index (χ4v) is 1.73. The Labute approximate surface area is 113 Å². The number of benzene rings is 1. The van der Waals surface area contributed by atoms with E-state index >= 15 is 0 Å². The first-order valence-electron chi connectivity index (χ1n) is 6.49. The number of amides is 1. The van der Waals surface area contributed by atoms with Crippen LogP contribution in [0.3, 0.4) is 0 Å². The number of aryl methyl sites for hydroxylation is 1. The summed E-state index contributed by atoms with van der Waals surface area (Å²) in [5, 5.41) is 14.0. The van der Waals surface area contributed by atoms with E-state index in [1.54, 1.807) is 0 Å². The fraction of sp³-hybridized carbons (Fsp3) is 0.429. The van der Waals surface area contributed by atoms with Crippen LogP contribution in [-0.4, -0.2) is 23.5 Å². The summed E-state index contributed by atoms with van der Waals surface area (Å²) in [4.78, 5) is 11.5. The van der Waals surface area contributed by atoms with Crippen LogP contribution in [-0.2, 0) is 11.2 Å². The summed E-state index contributed by atoms with van der Waals surface area (Å²) in [6, 6.07) is 10.1. The summed E-state index contributed by atoms with van der Waals surface area (Å²) in [6.07, 6.45) is 3.45. The molecule has 19 heavy (non-hydrogen) atoms. The lowest BCUT2D eigenvalue weighted by molar-refractivity contribution is -0.121. The van der Waals surface area contributed by atoms with Crippen LogP contribution in [0.5, 0.6) is 0 Å². The first kappa shape index (κ1) is 15.0. The van der Waals surface area contributed by atoms with Crippen molar-refractivity contribution < 1.29 is 10.0 Å². The number of nitrogens with two attached hydrogens (primary N) is 1. The Balaban J connectivity index is 2.05. The summed E-state index contributed by atoms with van der Waals surface area (Å²) in [5.41, 5.74) is 6.57. The molecule has 0 saturated carbocycles. The van der Waals surface area contributed by atoms with Gasteiger partial charge in [-0.05, 0) is 24.8 Å². The molecule has 5 nitrogen and oxygen atoms in total. The van der Waals surface area contributed by atoms with Gasteiger partial charge < -0.3 is 16.3 Å². The predicted molar refractivity (Wildman–Crippen MR) is 75.0 cm³/mol. The van der Waals surface area contributed by atoms with Crippen molar-refractivity contribution >= 4 is 11.7 Å². The highest BCUT2D eigenvalue weighted by molar-refractivity contribution is 5.79. The second kappa shape index (κ2) is 8.97. The zero-order valence-electron chi connectivity index (χ0n) is 11.0. The second-order valence-corrected chi connectivity index (χ2v) is 4.38. The smallest absolute Gasteiger partial charge is 0.220 e. The van der Waals surface area contributed by atoms with Gasteiger partial charge in [0.05, 0.1) is 0 Å². The minimum atomic E-state index is 0.0513. The van der Waals surface area contributed by atoms with Crippen molar-refractivity contribution in [3.63, 3.8) is 0 Å². The van der Waals surface area contributed by atoms with E-state index in [9.17, 15) is 4.79 Å². The molecule has 4 N–H and O–H groups in total. The summed E-state index contributed by atoms with van der Waals surface area (Å²) >= 11 is 0. The molecule has 0 atom stereocenters. The average Bonchev–Trinajstić information content (AvgIpc) is 2.44. The molecule has 0 saturated heterocycles. The molecule has 0 spiro atoms. The molecule has 104 valence electrons. The summed E-state index contributed by atoms with van der Waals surface area (Å²) in [7, 11) is 0. The van der Waals surface area contributed by atoms with Gasteiger partial charge >= 0.3 is 0 Å². The molecule has 0 bridgehead atoms. The Kier molecular flexibility index (Phi) is 7.09. The molecule has 1 rings (SSSR count). The average molecular weight is 263 g/mol. The molecular weight excluding hydrogens is 242 g/mol. The maximum absolute atomic E-state index is 11.5. The predicted octanol–water partition coefficient (Wildman–Crippen LogP) is 1.65. The van der Waals surface area contributed by atoms with Gasteiger partial charge in [0, 0.05) is 19.4 Å². The highest BCUT2D eigenvalue weighted by Crippen LogP contribution is 2.04. The van der Waals surface area contributed by atoms with Crippen LogP contribution in [0.1, 0.15) is 31.2 Å². The molecule has 1 amide bonds. The highest BCUT2D eigenvalue weighted by atomic mass is 16.4. The Hall–Kier alpha value is -2.04. The van der Waals surface area contributed by atoms with Crippen molar-refractivity contribution in [1.82, 2.24) is 5.32 Å². The van der Waals surface area contributed by atoms with E-state index < -0.39 is 0 Å². The highest BCUT2D eigenvalue weighted by Gasteiger charge is 2.01. The second-order valence-electron chi connectivity index (χ2n) is 4.38. The molecule has 0 aliphatic carbocycles. The standard InChI is InChI=1S/C14H21N3O2/c15-13(17-19)9-5-11-16-14(18)10-4-8-12-6-2-1-3-7-12/h1-3,6-7,19H,4-5,8-11H2,(H2,15,17)(H,16,18). The quantitative estimate of drug-likeness (QED) is 0.219. The number of nitrogens with one attached hydrogen (secondary N) is 1. The number of amidine groups is 1. The van der Waals surface area contributed by atoms with Gasteiger partial charge in [-0.3, -0.25) is 4.79 Å². The maximum atomic E-state index is 11.5. The molecule has 1 aromatic carbocycles. The number of hydrogen-bond donors (Lipinski definition) is 3. The monoisotopic (exact) mass is 263 g/mol. The third-order valence-corrected chi connectivity index (χ3v) is 2.77. The SMILES string of the molecule is NC(CCCNC(=O)CCCc1ccccc1)=NO. The Morgan fingerprint density at radius 2 is 1.95 bits per heavy atom. The largest absolute Gasteiger partial charge is 0.409 e. The molecule has 0 radical (unpaired) electrons. The number of hydrogen-bond acceptors (Lipinski definition) is 3.